The van der Waals surface area contributed by atoms with Crippen molar-refractivity contribution in [3.63, 3.8) is 0 Å². The Labute approximate surface area is 485 Å². The highest BCUT2D eigenvalue weighted by molar-refractivity contribution is 7.15. The Kier molecular flexibility index (Phi) is 17.2. The molecule has 6 N–H and O–H groups in total. The third kappa shape index (κ3) is 12.3. The number of hydrogen-bond acceptors (Lipinski definition) is 24. The number of carbonyl (C=O) groups is 6. The van der Waals surface area contributed by atoms with Gasteiger partial charge in [-0.25, -0.2) is 44.7 Å². The van der Waals surface area contributed by atoms with Crippen molar-refractivity contribution in [3.05, 3.63) is 117 Å². The van der Waals surface area contributed by atoms with Crippen LogP contribution in [0.1, 0.15) is 112 Å². The van der Waals surface area contributed by atoms with Crippen molar-refractivity contribution >= 4 is 109 Å². The molecular formula is C52H49N13O10S6. The molecule has 5 amide bonds. The van der Waals surface area contributed by atoms with Gasteiger partial charge < -0.3 is 45.9 Å². The van der Waals surface area contributed by atoms with Gasteiger partial charge in [0.2, 0.25) is 17.7 Å². The summed E-state index contributed by atoms with van der Waals surface area (Å²) in [4.78, 5) is 121. The molecule has 7 aromatic heterocycles. The number of nitrogens with zero attached hydrogens (tertiary/aromatic N) is 8. The Morgan fingerprint density at radius 3 is 2.17 bits per heavy atom. The summed E-state index contributed by atoms with van der Waals surface area (Å²) in [5.41, 5.74) is 3.21. The van der Waals surface area contributed by atoms with Crippen molar-refractivity contribution in [2.45, 2.75) is 64.1 Å². The number of hydrogen-bond donors (Lipinski definition) is 6. The number of esters is 1. The third-order valence-corrected chi connectivity index (χ3v) is 18.3. The first-order valence-corrected chi connectivity index (χ1v) is 30.0. The first kappa shape index (κ1) is 56.6. The van der Waals surface area contributed by atoms with Crippen molar-refractivity contribution in [1.82, 2.24) is 61.5 Å². The van der Waals surface area contributed by atoms with E-state index in [0.717, 1.165) is 11.3 Å². The summed E-state index contributed by atoms with van der Waals surface area (Å²) in [6, 6.07) is 8.75. The lowest BCUT2D eigenvalue weighted by atomic mass is 10.0. The van der Waals surface area contributed by atoms with Crippen LogP contribution in [0.5, 0.6) is 0 Å². The molecule has 0 fully saturated rings. The second kappa shape index (κ2) is 24.6. The molecule has 0 saturated heterocycles. The Balaban J connectivity index is 1.05. The van der Waals surface area contributed by atoms with Crippen LogP contribution in [0.4, 0.5) is 0 Å². The minimum atomic E-state index is -1.27. The van der Waals surface area contributed by atoms with Crippen molar-refractivity contribution in [1.29, 1.82) is 0 Å². The zero-order valence-corrected chi connectivity index (χ0v) is 48.7. The Bertz CT molecular complexity index is 3720. The maximum Gasteiger partial charge on any atom is 0.334 e. The van der Waals surface area contributed by atoms with Gasteiger partial charge in [0.1, 0.15) is 88.7 Å². The van der Waals surface area contributed by atoms with Gasteiger partial charge in [-0.3, -0.25) is 24.0 Å². The number of aliphatic hydroxyl groups is 1. The highest BCUT2D eigenvalue weighted by Crippen LogP contribution is 2.40. The van der Waals surface area contributed by atoms with E-state index in [4.69, 9.17) is 49.1 Å². The van der Waals surface area contributed by atoms with E-state index in [2.05, 4.69) is 31.6 Å². The number of aliphatic imine (C=N–C) groups is 1. The lowest BCUT2D eigenvalue weighted by Crippen LogP contribution is -2.40. The number of aliphatic hydroxyl groups excluding tert-OH is 1. The second-order valence-corrected chi connectivity index (χ2v) is 24.3. The largest absolute Gasteiger partial charge is 0.473 e. The minimum Gasteiger partial charge on any atom is -0.473 e. The van der Waals surface area contributed by atoms with Gasteiger partial charge in [0.05, 0.1) is 49.3 Å². The fraction of sp³-hybridized carbons (Fsp3) is 0.308. The summed E-state index contributed by atoms with van der Waals surface area (Å²) in [7, 11) is 4.23. The zero-order valence-electron chi connectivity index (χ0n) is 43.8. The van der Waals surface area contributed by atoms with Crippen molar-refractivity contribution in [2.75, 3.05) is 34.4 Å². The number of thiazole rings is 6. The van der Waals surface area contributed by atoms with Crippen molar-refractivity contribution < 1.29 is 48.1 Å². The van der Waals surface area contributed by atoms with Crippen LogP contribution in [0, 0.1) is 12.8 Å². The molecule has 0 unspecified atom stereocenters. The van der Waals surface area contributed by atoms with Crippen LogP contribution < -0.4 is 26.6 Å². The Hall–Kier alpha value is -7.64. The number of aromatic nitrogens is 7. The molecule has 1 aromatic carbocycles. The number of nitrogens with one attached hydrogen (secondary N) is 5. The number of rotatable bonds is 10. The van der Waals surface area contributed by atoms with Crippen molar-refractivity contribution in [2.24, 2.45) is 10.9 Å². The first-order valence-electron chi connectivity index (χ1n) is 24.8. The number of benzene rings is 1. The number of fused-ring (bicyclic) bond motifs is 14. The van der Waals surface area contributed by atoms with Gasteiger partial charge in [-0.2, -0.15) is 0 Å². The highest BCUT2D eigenvalue weighted by Gasteiger charge is 2.34. The maximum absolute atomic E-state index is 14.3. The smallest absolute Gasteiger partial charge is 0.334 e. The summed E-state index contributed by atoms with van der Waals surface area (Å²) < 4.78 is 16.0. The quantitative estimate of drug-likeness (QED) is 0.0783. The predicted molar refractivity (Wildman–Crippen MR) is 305 cm³/mol. The maximum atomic E-state index is 14.3. The van der Waals surface area contributed by atoms with Crippen LogP contribution in [0.15, 0.2) is 69.0 Å². The molecule has 29 heteroatoms. The number of amides is 5. The van der Waals surface area contributed by atoms with Gasteiger partial charge in [0.25, 0.3) is 17.7 Å². The molecule has 10 rings (SSSR count). The van der Waals surface area contributed by atoms with Crippen LogP contribution in [0.3, 0.4) is 0 Å². The molecule has 0 spiro atoms. The van der Waals surface area contributed by atoms with Crippen LogP contribution in [-0.4, -0.2) is 122 Å². The molecule has 9 heterocycles. The fourth-order valence-electron chi connectivity index (χ4n) is 8.45. The summed E-state index contributed by atoms with van der Waals surface area (Å²) in [6.45, 7) is 4.99. The lowest BCUT2D eigenvalue weighted by Gasteiger charge is -2.23. The number of methoxy groups -OCH3 is 2. The van der Waals surface area contributed by atoms with Crippen LogP contribution >= 0.6 is 68.0 Å². The predicted octanol–water partition coefficient (Wildman–Crippen LogP) is 6.63. The Morgan fingerprint density at radius 2 is 1.42 bits per heavy atom. The molecule has 81 heavy (non-hydrogen) atoms. The lowest BCUT2D eigenvalue weighted by molar-refractivity contribution is -0.142. The van der Waals surface area contributed by atoms with E-state index in [9.17, 15) is 33.9 Å². The fourth-order valence-corrected chi connectivity index (χ4v) is 14.0. The monoisotopic (exact) mass is 1210 g/mol. The van der Waals surface area contributed by atoms with Crippen LogP contribution in [0.25, 0.3) is 43.4 Å². The molecule has 0 aliphatic carbocycles. The standard InChI is InChI=1S/C52H49N13O10S6/c1-22(2)36-51-65-39(33(81-51)17-73-5)43(70)54-15-35(67)62-40(41(68)24-10-8-7-9-11-24)50-61-32(21-79-50)48-58-29(18-77-48)38-25(12-13-26(55-38)47-60-31(20-78-47)45-57-28(16-75-45)52(72)74-6)46-59-30(19-76-46)42(69)56-27(14-34(66)53-4)49-64-37(23(3)80-49)44(71)63-36/h7-13,18-22,27-28,36,40-41,68H,14-17H2,1-6H3,(H,53,66)(H,54,70)(H,56,69)(H,62,67)(H,63,71)/t27-,28-,36-,40-,41-/m0/s1. The molecule has 10 bridgehead atoms. The average Bonchev–Trinajstić information content (AvgIpc) is 4.55. The number of aryl methyl sites for hydroxylation is 1. The van der Waals surface area contributed by atoms with Gasteiger partial charge in [0.15, 0.2) is 6.04 Å². The van der Waals surface area contributed by atoms with Gasteiger partial charge in [-0.1, -0.05) is 44.2 Å². The summed E-state index contributed by atoms with van der Waals surface area (Å²) >= 11 is 7.25. The van der Waals surface area contributed by atoms with Gasteiger partial charge >= 0.3 is 5.97 Å². The SMILES string of the molecule is CNC(=O)C[C@@H]1NC(=O)c2csc(n2)-c2ccc(-c3nc(C4=N[C@H](C(=O)OC)CO4)cs3)nc2-c2csc(n2)-c2csc(n2)[C@H]([C@@H](O)c2ccccc2)NC(=O)CNC(=O)c2nc(sc2COC)[C@H](C(C)C)NC(=O)c2nc1sc2C. The van der Waals surface area contributed by atoms with E-state index in [1.165, 1.54) is 78.0 Å². The summed E-state index contributed by atoms with van der Waals surface area (Å²) in [6.07, 6.45) is -1.48. The van der Waals surface area contributed by atoms with E-state index in [1.807, 2.05) is 13.8 Å². The molecule has 418 valence electrons. The molecule has 0 saturated carbocycles. The van der Waals surface area contributed by atoms with E-state index in [0.29, 0.717) is 79.4 Å². The van der Waals surface area contributed by atoms with Gasteiger partial charge in [-0.05, 0) is 30.5 Å². The van der Waals surface area contributed by atoms with Crippen molar-refractivity contribution in [3.8, 4) is 43.4 Å². The summed E-state index contributed by atoms with van der Waals surface area (Å²) in [5, 5.41) is 35.3. The average molecular weight is 1210 g/mol. The number of pyridine rings is 1. The van der Waals surface area contributed by atoms with E-state index in [1.54, 1.807) is 70.9 Å². The molecule has 2 aliphatic rings. The third-order valence-electron chi connectivity index (χ3n) is 12.6. The van der Waals surface area contributed by atoms with Gasteiger partial charge in [0, 0.05) is 46.1 Å². The first-order chi connectivity index (χ1) is 39.1. The molecule has 2 aliphatic heterocycles. The zero-order chi connectivity index (χ0) is 57.1. The molecular weight excluding hydrogens is 1160 g/mol. The summed E-state index contributed by atoms with van der Waals surface area (Å²) in [5.74, 6) is -3.44. The molecule has 5 atom stereocenters. The van der Waals surface area contributed by atoms with Gasteiger partial charge in [-0.15, -0.1) is 68.0 Å². The number of ether oxygens (including phenoxy) is 3. The molecule has 0 radical (unpaired) electrons. The molecule has 8 aromatic rings. The minimum absolute atomic E-state index is 0.00137. The molecule has 23 nitrogen and oxygen atoms in total. The highest BCUT2D eigenvalue weighted by atomic mass is 32.1. The second-order valence-electron chi connectivity index (χ2n) is 18.5. The van der Waals surface area contributed by atoms with Crippen LogP contribution in [-0.2, 0) is 35.2 Å². The normalized spacial score (nSPS) is 18.2. The van der Waals surface area contributed by atoms with Crippen LogP contribution in [0.2, 0.25) is 0 Å². The topological polar surface area (TPSA) is 313 Å². The van der Waals surface area contributed by atoms with E-state index in [-0.39, 0.29) is 48.5 Å². The van der Waals surface area contributed by atoms with E-state index >= 15 is 0 Å². The van der Waals surface area contributed by atoms with E-state index < -0.39 is 72.3 Å². The Morgan fingerprint density at radius 1 is 0.716 bits per heavy atom. The number of carbonyl (C=O) groups excluding carboxylic acids is 6.